The zero-order valence-electron chi connectivity index (χ0n) is 22.7. The minimum atomic E-state index is -0.554. The summed E-state index contributed by atoms with van der Waals surface area (Å²) in [6, 6.07) is 22.2. The van der Waals surface area contributed by atoms with Crippen LogP contribution in [0.2, 0.25) is 0 Å². The minimum Gasteiger partial charge on any atom is -0.453 e. The van der Waals surface area contributed by atoms with Gasteiger partial charge in [0.2, 0.25) is 0 Å². The molecule has 13 nitrogen and oxygen atoms in total. The van der Waals surface area contributed by atoms with Crippen molar-refractivity contribution in [1.29, 1.82) is 0 Å². The summed E-state index contributed by atoms with van der Waals surface area (Å²) in [5.41, 5.74) is 2.73. The molecule has 0 N–H and O–H groups in total. The molecule has 208 valence electrons. The highest BCUT2D eigenvalue weighted by Gasteiger charge is 2.17. The first-order chi connectivity index (χ1) is 19.6. The van der Waals surface area contributed by atoms with Crippen molar-refractivity contribution in [3.05, 3.63) is 105 Å². The van der Waals surface area contributed by atoms with Crippen molar-refractivity contribution in [2.45, 2.75) is 0 Å². The number of hydrogen-bond acceptors (Lipinski definition) is 11. The van der Waals surface area contributed by atoms with Crippen LogP contribution in [0.1, 0.15) is 0 Å². The fraction of sp³-hybridized carbons (Fsp3) is 0.143. The minimum absolute atomic E-state index is 0.0800. The number of nitro groups is 2. The lowest BCUT2D eigenvalue weighted by Gasteiger charge is -2.12. The summed E-state index contributed by atoms with van der Waals surface area (Å²) in [6.45, 7) is 0. The molecule has 0 aliphatic rings. The zero-order chi connectivity index (χ0) is 29.5. The Morgan fingerprint density at radius 3 is 1.24 bits per heavy atom. The van der Waals surface area contributed by atoms with Gasteiger partial charge in [0.1, 0.15) is 11.4 Å². The zero-order valence-corrected chi connectivity index (χ0v) is 22.7. The summed E-state index contributed by atoms with van der Waals surface area (Å²) in [5, 5.41) is 39.7. The summed E-state index contributed by atoms with van der Waals surface area (Å²) < 4.78 is 6.02. The molecule has 0 aliphatic carbocycles. The number of benzene rings is 4. The van der Waals surface area contributed by atoms with E-state index in [1.54, 1.807) is 24.3 Å². The highest BCUT2D eigenvalue weighted by atomic mass is 16.6. The van der Waals surface area contributed by atoms with E-state index in [1.807, 2.05) is 62.3 Å². The number of hydrogen-bond donors (Lipinski definition) is 0. The molecule has 0 aliphatic heterocycles. The molecule has 0 saturated heterocycles. The molecule has 4 aromatic rings. The fourth-order valence-electron chi connectivity index (χ4n) is 3.54. The number of nitrogens with zero attached hydrogens (tertiary/aromatic N) is 8. The lowest BCUT2D eigenvalue weighted by atomic mass is 10.2. The summed E-state index contributed by atoms with van der Waals surface area (Å²) in [5.74, 6) is 0.259. The molecule has 0 aromatic heterocycles. The second-order valence-corrected chi connectivity index (χ2v) is 9.14. The second-order valence-electron chi connectivity index (χ2n) is 9.14. The van der Waals surface area contributed by atoms with Gasteiger partial charge in [-0.05, 0) is 60.7 Å². The summed E-state index contributed by atoms with van der Waals surface area (Å²) in [7, 11) is 7.65. The SMILES string of the molecule is CN(C)c1ccc(N=Nc2cc([N+](=O)[O-])ccc2Oc2ccc([N+](=O)[O-])cc2N=Nc2ccc(N(C)C)cc2)cc1. The van der Waals surface area contributed by atoms with Crippen LogP contribution in [-0.4, -0.2) is 38.0 Å². The third-order valence-corrected chi connectivity index (χ3v) is 5.81. The predicted octanol–water partition coefficient (Wildman–Crippen LogP) is 8.26. The van der Waals surface area contributed by atoms with Gasteiger partial charge in [0.05, 0.1) is 21.2 Å². The molecule has 0 amide bonds. The third-order valence-electron chi connectivity index (χ3n) is 5.81. The maximum absolute atomic E-state index is 11.4. The molecule has 0 unspecified atom stereocenters. The van der Waals surface area contributed by atoms with Crippen molar-refractivity contribution >= 4 is 45.5 Å². The van der Waals surface area contributed by atoms with Gasteiger partial charge in [0.25, 0.3) is 11.4 Å². The van der Waals surface area contributed by atoms with Crippen LogP contribution < -0.4 is 14.5 Å². The molecule has 13 heteroatoms. The van der Waals surface area contributed by atoms with Crippen molar-refractivity contribution in [3.8, 4) is 11.5 Å². The largest absolute Gasteiger partial charge is 0.453 e. The van der Waals surface area contributed by atoms with Gasteiger partial charge in [-0.2, -0.15) is 10.2 Å². The number of nitro benzene ring substituents is 2. The van der Waals surface area contributed by atoms with E-state index in [1.165, 1.54) is 36.4 Å². The maximum Gasteiger partial charge on any atom is 0.271 e. The molecule has 0 spiro atoms. The molecule has 0 heterocycles. The van der Waals surface area contributed by atoms with Crippen LogP contribution in [0.15, 0.2) is 105 Å². The molecule has 0 bridgehead atoms. The van der Waals surface area contributed by atoms with Gasteiger partial charge in [-0.1, -0.05) is 0 Å². The quantitative estimate of drug-likeness (QED) is 0.109. The number of rotatable bonds is 10. The molecule has 4 rings (SSSR count). The highest BCUT2D eigenvalue weighted by molar-refractivity contribution is 5.63. The van der Waals surface area contributed by atoms with Gasteiger partial charge in [-0.3, -0.25) is 20.2 Å². The first kappa shape index (κ1) is 28.3. The summed E-state index contributed by atoms with van der Waals surface area (Å²) in [4.78, 5) is 25.6. The number of anilines is 2. The Balaban J connectivity index is 1.69. The monoisotopic (exact) mass is 554 g/mol. The topological polar surface area (TPSA) is 151 Å². The first-order valence-corrected chi connectivity index (χ1v) is 12.2. The van der Waals surface area contributed by atoms with E-state index in [9.17, 15) is 20.2 Å². The Hall–Kier alpha value is -5.72. The standard InChI is InChI=1S/C28H26N8O5/c1-33(2)21-9-5-19(6-10-21)29-31-25-17-23(35(37)38)13-15-27(25)41-28-16-14-24(36(39)40)18-26(28)32-30-20-7-11-22(12-8-20)34(3)4/h5-18H,1-4H3. The Labute approximate surface area is 235 Å². The van der Waals surface area contributed by atoms with Crippen LogP contribution in [0.4, 0.5) is 45.5 Å². The van der Waals surface area contributed by atoms with E-state index in [-0.39, 0.29) is 34.2 Å². The number of ether oxygens (including phenoxy) is 1. The van der Waals surface area contributed by atoms with E-state index in [0.717, 1.165) is 11.4 Å². The Morgan fingerprint density at radius 2 is 0.927 bits per heavy atom. The molecule has 4 aromatic carbocycles. The van der Waals surface area contributed by atoms with Gasteiger partial charge in [0.15, 0.2) is 11.5 Å². The second kappa shape index (κ2) is 12.4. The first-order valence-electron chi connectivity index (χ1n) is 12.2. The molecule has 41 heavy (non-hydrogen) atoms. The lowest BCUT2D eigenvalue weighted by molar-refractivity contribution is -0.385. The van der Waals surface area contributed by atoms with Gasteiger partial charge in [0, 0.05) is 63.8 Å². The average molecular weight is 555 g/mol. The van der Waals surface area contributed by atoms with Gasteiger partial charge < -0.3 is 14.5 Å². The fourth-order valence-corrected chi connectivity index (χ4v) is 3.54. The molecular weight excluding hydrogens is 528 g/mol. The highest BCUT2D eigenvalue weighted by Crippen LogP contribution is 2.41. The van der Waals surface area contributed by atoms with Crippen molar-refractivity contribution in [1.82, 2.24) is 0 Å². The molecule has 0 fully saturated rings. The third kappa shape index (κ3) is 7.23. The number of non-ortho nitro benzene ring substituents is 2. The molecule has 0 radical (unpaired) electrons. The lowest BCUT2D eigenvalue weighted by Crippen LogP contribution is -2.07. The van der Waals surface area contributed by atoms with Crippen LogP contribution in [0.5, 0.6) is 11.5 Å². The summed E-state index contributed by atoms with van der Waals surface area (Å²) in [6.07, 6.45) is 0. The van der Waals surface area contributed by atoms with Crippen LogP contribution in [-0.2, 0) is 0 Å². The van der Waals surface area contributed by atoms with E-state index in [4.69, 9.17) is 4.74 Å². The van der Waals surface area contributed by atoms with E-state index < -0.39 is 9.85 Å². The van der Waals surface area contributed by atoms with Crippen LogP contribution in [0, 0.1) is 20.2 Å². The van der Waals surface area contributed by atoms with E-state index in [0.29, 0.717) is 11.4 Å². The van der Waals surface area contributed by atoms with Crippen molar-refractivity contribution in [3.63, 3.8) is 0 Å². The average Bonchev–Trinajstić information content (AvgIpc) is 2.96. The Morgan fingerprint density at radius 1 is 0.561 bits per heavy atom. The van der Waals surface area contributed by atoms with E-state index >= 15 is 0 Å². The van der Waals surface area contributed by atoms with Crippen molar-refractivity contribution in [2.75, 3.05) is 38.0 Å². The predicted molar refractivity (Wildman–Crippen MR) is 156 cm³/mol. The van der Waals surface area contributed by atoms with Crippen LogP contribution in [0.25, 0.3) is 0 Å². The van der Waals surface area contributed by atoms with Gasteiger partial charge >= 0.3 is 0 Å². The summed E-state index contributed by atoms with van der Waals surface area (Å²) >= 11 is 0. The molecule has 0 saturated carbocycles. The normalized spacial score (nSPS) is 11.1. The van der Waals surface area contributed by atoms with E-state index in [2.05, 4.69) is 20.5 Å². The van der Waals surface area contributed by atoms with Crippen molar-refractivity contribution < 1.29 is 14.6 Å². The Kier molecular flexibility index (Phi) is 8.57. The molecule has 0 atom stereocenters. The smallest absolute Gasteiger partial charge is 0.271 e. The van der Waals surface area contributed by atoms with Gasteiger partial charge in [-0.25, -0.2) is 0 Å². The number of azo groups is 2. The van der Waals surface area contributed by atoms with Crippen molar-refractivity contribution in [2.24, 2.45) is 20.5 Å². The van der Waals surface area contributed by atoms with Crippen LogP contribution in [0.3, 0.4) is 0 Å². The van der Waals surface area contributed by atoms with Crippen LogP contribution >= 0.6 is 0 Å². The van der Waals surface area contributed by atoms with Gasteiger partial charge in [-0.15, -0.1) is 10.2 Å². The Bertz CT molecular complexity index is 1500. The molecular formula is C28H26N8O5. The maximum atomic E-state index is 11.4.